The fourth-order valence-electron chi connectivity index (χ4n) is 6.09. The molecular weight excluding hydrogens is 482 g/mol. The SMILES string of the molecule is C=CC(=O)c1ccc(C2CC(CN3CCCN(c4cccc(C)n4)CC3)C2)c(CCC/C(=C/N=C)NCC)c1. The molecule has 1 aliphatic heterocycles. The van der Waals surface area contributed by atoms with E-state index in [2.05, 4.69) is 77.6 Å². The second-order valence-corrected chi connectivity index (χ2v) is 11.0. The number of allylic oxidation sites excluding steroid dienone is 2. The number of rotatable bonds is 13. The third-order valence-corrected chi connectivity index (χ3v) is 8.13. The normalized spacial score (nSPS) is 20.2. The minimum Gasteiger partial charge on any atom is -0.387 e. The summed E-state index contributed by atoms with van der Waals surface area (Å²) in [5.41, 5.74) is 5.68. The topological polar surface area (TPSA) is 60.8 Å². The van der Waals surface area contributed by atoms with E-state index in [1.807, 2.05) is 12.3 Å². The lowest BCUT2D eigenvalue weighted by Crippen LogP contribution is -2.38. The third kappa shape index (κ3) is 7.89. The summed E-state index contributed by atoms with van der Waals surface area (Å²) >= 11 is 0. The van der Waals surface area contributed by atoms with Crippen molar-refractivity contribution in [3.8, 4) is 0 Å². The molecule has 2 fully saturated rings. The maximum atomic E-state index is 12.3. The number of hydrogen-bond acceptors (Lipinski definition) is 6. The quantitative estimate of drug-likeness (QED) is 0.198. The minimum atomic E-state index is -0.00514. The number of carbonyl (C=O) groups is 1. The molecule has 2 heterocycles. The van der Waals surface area contributed by atoms with Gasteiger partial charge in [-0.1, -0.05) is 24.8 Å². The molecule has 1 aliphatic carbocycles. The molecule has 1 saturated heterocycles. The molecule has 0 unspecified atom stereocenters. The molecule has 39 heavy (non-hydrogen) atoms. The average molecular weight is 528 g/mol. The molecule has 2 aliphatic rings. The molecule has 2 aromatic rings. The van der Waals surface area contributed by atoms with Crippen molar-refractivity contribution in [3.05, 3.63) is 83.3 Å². The second kappa shape index (κ2) is 14.2. The molecule has 208 valence electrons. The van der Waals surface area contributed by atoms with Crippen LogP contribution in [0, 0.1) is 12.8 Å². The molecular formula is C33H45N5O. The summed E-state index contributed by atoms with van der Waals surface area (Å²) in [7, 11) is 0. The molecule has 1 aromatic heterocycles. The van der Waals surface area contributed by atoms with Crippen LogP contribution < -0.4 is 10.2 Å². The van der Waals surface area contributed by atoms with Gasteiger partial charge in [-0.15, -0.1) is 0 Å². The van der Waals surface area contributed by atoms with E-state index in [0.29, 0.717) is 5.92 Å². The number of nitrogens with one attached hydrogen (secondary N) is 1. The highest BCUT2D eigenvalue weighted by Gasteiger charge is 2.33. The summed E-state index contributed by atoms with van der Waals surface area (Å²) in [5, 5.41) is 3.38. The van der Waals surface area contributed by atoms with Gasteiger partial charge in [-0.2, -0.15) is 0 Å². The smallest absolute Gasteiger partial charge is 0.185 e. The molecule has 1 aromatic carbocycles. The molecule has 0 radical (unpaired) electrons. The van der Waals surface area contributed by atoms with E-state index in [1.165, 1.54) is 43.0 Å². The van der Waals surface area contributed by atoms with Crippen LogP contribution in [0.1, 0.15) is 72.1 Å². The Morgan fingerprint density at radius 1 is 1.18 bits per heavy atom. The van der Waals surface area contributed by atoms with E-state index < -0.39 is 0 Å². The highest BCUT2D eigenvalue weighted by Crippen LogP contribution is 2.43. The van der Waals surface area contributed by atoms with Crippen molar-refractivity contribution in [2.75, 3.05) is 44.2 Å². The number of benzene rings is 1. The first-order valence-corrected chi connectivity index (χ1v) is 14.6. The van der Waals surface area contributed by atoms with Crippen LogP contribution in [0.2, 0.25) is 0 Å². The zero-order chi connectivity index (χ0) is 27.6. The fraction of sp³-hybridized carbons (Fsp3) is 0.485. The van der Waals surface area contributed by atoms with Crippen LogP contribution >= 0.6 is 0 Å². The molecule has 1 saturated carbocycles. The second-order valence-electron chi connectivity index (χ2n) is 11.0. The largest absolute Gasteiger partial charge is 0.387 e. The number of aliphatic imine (C=N–C) groups is 1. The summed E-state index contributed by atoms with van der Waals surface area (Å²) in [4.78, 5) is 26.1. The molecule has 0 bridgehead atoms. The van der Waals surface area contributed by atoms with Crippen LogP contribution in [0.15, 0.2) is 65.9 Å². The van der Waals surface area contributed by atoms with E-state index in [0.717, 1.165) is 80.7 Å². The van der Waals surface area contributed by atoms with Gasteiger partial charge in [-0.05, 0) is 113 Å². The summed E-state index contributed by atoms with van der Waals surface area (Å²) < 4.78 is 0. The van der Waals surface area contributed by atoms with E-state index in [1.54, 1.807) is 0 Å². The Bertz CT molecular complexity index is 1170. The van der Waals surface area contributed by atoms with Gasteiger partial charge in [0.25, 0.3) is 0 Å². The number of aromatic nitrogens is 1. The number of aryl methyl sites for hydroxylation is 2. The minimum absolute atomic E-state index is 0.00514. The van der Waals surface area contributed by atoms with Crippen LogP contribution in [0.3, 0.4) is 0 Å². The van der Waals surface area contributed by atoms with Crippen molar-refractivity contribution in [3.63, 3.8) is 0 Å². The molecule has 1 N–H and O–H groups in total. The van der Waals surface area contributed by atoms with Gasteiger partial charge in [0.2, 0.25) is 0 Å². The molecule has 4 rings (SSSR count). The number of ketones is 1. The van der Waals surface area contributed by atoms with E-state index in [9.17, 15) is 4.79 Å². The van der Waals surface area contributed by atoms with Crippen molar-refractivity contribution < 1.29 is 4.79 Å². The maximum absolute atomic E-state index is 12.3. The number of carbonyl (C=O) groups excluding carboxylic acids is 1. The summed E-state index contributed by atoms with van der Waals surface area (Å²) in [6, 6.07) is 12.6. The van der Waals surface area contributed by atoms with Gasteiger partial charge in [0, 0.05) is 55.9 Å². The number of anilines is 1. The van der Waals surface area contributed by atoms with E-state index >= 15 is 0 Å². The van der Waals surface area contributed by atoms with Crippen LogP contribution in [0.25, 0.3) is 0 Å². The number of pyridine rings is 1. The Hall–Kier alpha value is -3.25. The van der Waals surface area contributed by atoms with Crippen molar-refractivity contribution in [1.29, 1.82) is 0 Å². The zero-order valence-electron chi connectivity index (χ0n) is 23.9. The Morgan fingerprint density at radius 3 is 2.77 bits per heavy atom. The monoisotopic (exact) mass is 527 g/mol. The highest BCUT2D eigenvalue weighted by molar-refractivity contribution is 6.04. The molecule has 6 heteroatoms. The fourth-order valence-corrected chi connectivity index (χ4v) is 6.09. The van der Waals surface area contributed by atoms with E-state index in [-0.39, 0.29) is 5.78 Å². The van der Waals surface area contributed by atoms with Gasteiger partial charge < -0.3 is 15.1 Å². The standard InChI is InChI=1S/C33H45N5O/c1-5-32(39)28-14-15-31(27(22-28)11-8-12-30(23-34-4)35-6-2)29-20-26(21-29)24-37-16-9-17-38(19-18-37)33-13-7-10-25(3)36-33/h5,7,10,13-15,22-23,26,29,35H,1,4,6,8-9,11-12,16-21,24H2,2-3H3/b30-23-. The Kier molecular flexibility index (Phi) is 10.5. The molecule has 6 nitrogen and oxygen atoms in total. The summed E-state index contributed by atoms with van der Waals surface area (Å²) in [6.45, 7) is 17.9. The summed E-state index contributed by atoms with van der Waals surface area (Å²) in [5.74, 6) is 2.43. The lowest BCUT2D eigenvalue weighted by Gasteiger charge is -2.39. The lowest BCUT2D eigenvalue weighted by molar-refractivity contribution is 0.104. The van der Waals surface area contributed by atoms with Gasteiger partial charge in [0.15, 0.2) is 5.78 Å². The highest BCUT2D eigenvalue weighted by atomic mass is 16.1. The summed E-state index contributed by atoms with van der Waals surface area (Å²) in [6.07, 6.45) is 9.74. The Morgan fingerprint density at radius 2 is 2.03 bits per heavy atom. The predicted octanol–water partition coefficient (Wildman–Crippen LogP) is 5.94. The van der Waals surface area contributed by atoms with Gasteiger partial charge in [0.05, 0.1) is 0 Å². The van der Waals surface area contributed by atoms with Gasteiger partial charge in [-0.25, -0.2) is 4.98 Å². The van der Waals surface area contributed by atoms with Crippen molar-refractivity contribution in [1.82, 2.24) is 15.2 Å². The van der Waals surface area contributed by atoms with Crippen LogP contribution in [-0.4, -0.2) is 61.7 Å². The maximum Gasteiger partial charge on any atom is 0.185 e. The Balaban J connectivity index is 1.34. The van der Waals surface area contributed by atoms with Crippen molar-refractivity contribution in [2.45, 2.75) is 58.3 Å². The number of hydrogen-bond donors (Lipinski definition) is 1. The van der Waals surface area contributed by atoms with E-state index in [4.69, 9.17) is 4.98 Å². The number of nitrogens with zero attached hydrogens (tertiary/aromatic N) is 4. The average Bonchev–Trinajstić information content (AvgIpc) is 3.16. The first-order valence-electron chi connectivity index (χ1n) is 14.6. The zero-order valence-corrected chi connectivity index (χ0v) is 23.9. The first-order chi connectivity index (χ1) is 19.0. The van der Waals surface area contributed by atoms with Crippen LogP contribution in [0.4, 0.5) is 5.82 Å². The predicted molar refractivity (Wildman–Crippen MR) is 163 cm³/mol. The molecule has 0 amide bonds. The first kappa shape index (κ1) is 28.8. The van der Waals surface area contributed by atoms with Crippen molar-refractivity contribution in [2.24, 2.45) is 10.9 Å². The van der Waals surface area contributed by atoms with Crippen LogP contribution in [0.5, 0.6) is 0 Å². The van der Waals surface area contributed by atoms with Gasteiger partial charge >= 0.3 is 0 Å². The lowest BCUT2D eigenvalue weighted by atomic mass is 9.69. The Labute approximate surface area is 234 Å². The molecule has 0 spiro atoms. The molecule has 0 atom stereocenters. The third-order valence-electron chi connectivity index (χ3n) is 8.13. The van der Waals surface area contributed by atoms with Crippen LogP contribution in [-0.2, 0) is 6.42 Å². The van der Waals surface area contributed by atoms with Gasteiger partial charge in [-0.3, -0.25) is 9.79 Å². The van der Waals surface area contributed by atoms with Crippen molar-refractivity contribution >= 4 is 18.3 Å². The van der Waals surface area contributed by atoms with Gasteiger partial charge in [0.1, 0.15) is 5.82 Å².